The van der Waals surface area contributed by atoms with Gasteiger partial charge in [0.05, 0.1) is 0 Å². The topological polar surface area (TPSA) is 24.9 Å². The summed E-state index contributed by atoms with van der Waals surface area (Å²) in [5.41, 5.74) is 1.23. The van der Waals surface area contributed by atoms with Crippen LogP contribution in [0.5, 0.6) is 0 Å². The molecule has 2 aromatic heterocycles. The number of hydrogen-bond acceptors (Lipinski definition) is 3. The fourth-order valence-corrected chi connectivity index (χ4v) is 2.47. The number of nitrogens with zero attached hydrogens (tertiary/aromatic N) is 1. The minimum absolute atomic E-state index is 0.325. The summed E-state index contributed by atoms with van der Waals surface area (Å²) in [6.45, 7) is 4.36. The van der Waals surface area contributed by atoms with E-state index in [1.807, 2.05) is 12.3 Å². The van der Waals surface area contributed by atoms with Crippen LogP contribution in [-0.4, -0.2) is 4.98 Å². The maximum Gasteiger partial charge on any atom is 0.0391 e. The summed E-state index contributed by atoms with van der Waals surface area (Å²) in [4.78, 5) is 5.51. The van der Waals surface area contributed by atoms with Gasteiger partial charge in [-0.3, -0.25) is 4.98 Å². The van der Waals surface area contributed by atoms with Gasteiger partial charge in [-0.15, -0.1) is 11.3 Å². The van der Waals surface area contributed by atoms with Crippen molar-refractivity contribution in [3.8, 4) is 0 Å². The molecule has 0 saturated carbocycles. The van der Waals surface area contributed by atoms with E-state index in [0.717, 1.165) is 0 Å². The van der Waals surface area contributed by atoms with Crippen LogP contribution in [0.2, 0.25) is 0 Å². The number of aromatic nitrogens is 1. The van der Waals surface area contributed by atoms with Crippen LogP contribution in [0.3, 0.4) is 0 Å². The van der Waals surface area contributed by atoms with Gasteiger partial charge in [0, 0.05) is 29.4 Å². The lowest BCUT2D eigenvalue weighted by molar-refractivity contribution is 0.499. The Morgan fingerprint density at radius 3 is 2.69 bits per heavy atom. The van der Waals surface area contributed by atoms with E-state index in [-0.39, 0.29) is 0 Å². The summed E-state index contributed by atoms with van der Waals surface area (Å²) in [7, 11) is 0. The summed E-state index contributed by atoms with van der Waals surface area (Å²) in [6.07, 6.45) is 3.72. The van der Waals surface area contributed by atoms with Crippen molar-refractivity contribution in [2.75, 3.05) is 0 Å². The smallest absolute Gasteiger partial charge is 0.0391 e. The molecule has 0 aliphatic rings. The Balaban J connectivity index is 2.00. The van der Waals surface area contributed by atoms with Gasteiger partial charge in [-0.2, -0.15) is 0 Å². The first-order chi connectivity index (χ1) is 7.77. The van der Waals surface area contributed by atoms with Crippen LogP contribution in [0.15, 0.2) is 42.0 Å². The fourth-order valence-electron chi connectivity index (χ4n) is 1.72. The zero-order chi connectivity index (χ0) is 11.4. The molecule has 0 aromatic carbocycles. The van der Waals surface area contributed by atoms with E-state index in [1.54, 1.807) is 17.5 Å². The van der Waals surface area contributed by atoms with Crippen LogP contribution in [-0.2, 0) is 0 Å². The maximum absolute atomic E-state index is 4.14. The molecule has 2 heterocycles. The monoisotopic (exact) mass is 232 g/mol. The molecule has 0 radical (unpaired) electrons. The van der Waals surface area contributed by atoms with Crippen molar-refractivity contribution in [2.45, 2.75) is 25.9 Å². The largest absolute Gasteiger partial charge is 0.303 e. The molecule has 2 rings (SSSR count). The number of hydrogen-bond donors (Lipinski definition) is 1. The zero-order valence-corrected chi connectivity index (χ0v) is 10.4. The summed E-state index contributed by atoms with van der Waals surface area (Å²) in [5, 5.41) is 5.68. The second-order valence-corrected chi connectivity index (χ2v) is 4.89. The van der Waals surface area contributed by atoms with Gasteiger partial charge in [0.25, 0.3) is 0 Å². The van der Waals surface area contributed by atoms with Gasteiger partial charge >= 0.3 is 0 Å². The van der Waals surface area contributed by atoms with Crippen molar-refractivity contribution in [1.82, 2.24) is 10.3 Å². The van der Waals surface area contributed by atoms with Crippen molar-refractivity contribution in [2.24, 2.45) is 0 Å². The van der Waals surface area contributed by atoms with Gasteiger partial charge in [0.15, 0.2) is 0 Å². The highest BCUT2D eigenvalue weighted by Gasteiger charge is 2.11. The minimum Gasteiger partial charge on any atom is -0.303 e. The normalized spacial score (nSPS) is 14.6. The number of nitrogens with one attached hydrogen (secondary N) is 1. The van der Waals surface area contributed by atoms with Crippen molar-refractivity contribution < 1.29 is 0 Å². The van der Waals surface area contributed by atoms with E-state index in [0.29, 0.717) is 12.1 Å². The summed E-state index contributed by atoms with van der Waals surface area (Å²) >= 11 is 1.79. The third-order valence-electron chi connectivity index (χ3n) is 2.65. The Labute approximate surface area is 100 Å². The molecule has 3 heteroatoms. The quantitative estimate of drug-likeness (QED) is 0.872. The first-order valence-electron chi connectivity index (χ1n) is 5.46. The summed E-state index contributed by atoms with van der Waals surface area (Å²) < 4.78 is 0. The predicted octanol–water partition coefficient (Wildman–Crippen LogP) is 3.55. The van der Waals surface area contributed by atoms with Crippen LogP contribution in [0.4, 0.5) is 0 Å². The van der Waals surface area contributed by atoms with Crippen LogP contribution in [0.1, 0.15) is 36.4 Å². The van der Waals surface area contributed by atoms with E-state index < -0.39 is 0 Å². The van der Waals surface area contributed by atoms with E-state index in [9.17, 15) is 0 Å². The molecule has 16 heavy (non-hydrogen) atoms. The second-order valence-electron chi connectivity index (χ2n) is 3.91. The molecule has 1 N–H and O–H groups in total. The average molecular weight is 232 g/mol. The maximum atomic E-state index is 4.14. The summed E-state index contributed by atoms with van der Waals surface area (Å²) in [6, 6.07) is 9.04. The lowest BCUT2D eigenvalue weighted by atomic mass is 10.1. The SMILES string of the molecule is CC(N[C@@H](C)c1cccs1)c1cccnc1. The molecule has 2 nitrogen and oxygen atoms in total. The van der Waals surface area contributed by atoms with Crippen LogP contribution in [0.25, 0.3) is 0 Å². The standard InChI is InChI=1S/C13H16N2S/c1-10(12-5-3-7-14-9-12)15-11(2)13-6-4-8-16-13/h3-11,15H,1-2H3/t10?,11-/m0/s1. The van der Waals surface area contributed by atoms with Crippen molar-refractivity contribution in [3.05, 3.63) is 52.5 Å². The molecule has 2 aromatic rings. The Morgan fingerprint density at radius 1 is 1.19 bits per heavy atom. The Bertz CT molecular complexity index is 411. The van der Waals surface area contributed by atoms with Gasteiger partial charge in [0.1, 0.15) is 0 Å². The summed E-state index contributed by atoms with van der Waals surface area (Å²) in [5.74, 6) is 0. The molecule has 1 unspecified atom stereocenters. The van der Waals surface area contributed by atoms with Gasteiger partial charge in [-0.1, -0.05) is 12.1 Å². The van der Waals surface area contributed by atoms with Crippen LogP contribution < -0.4 is 5.32 Å². The highest BCUT2D eigenvalue weighted by Crippen LogP contribution is 2.22. The molecule has 84 valence electrons. The first kappa shape index (κ1) is 11.3. The zero-order valence-electron chi connectivity index (χ0n) is 9.55. The highest BCUT2D eigenvalue weighted by atomic mass is 32.1. The molecule has 0 spiro atoms. The van der Waals surface area contributed by atoms with Gasteiger partial charge in [0.2, 0.25) is 0 Å². The van der Waals surface area contributed by atoms with Crippen molar-refractivity contribution in [1.29, 1.82) is 0 Å². The molecular formula is C13H16N2S. The van der Waals surface area contributed by atoms with Crippen molar-refractivity contribution in [3.63, 3.8) is 0 Å². The Hall–Kier alpha value is -1.19. The fraction of sp³-hybridized carbons (Fsp3) is 0.308. The molecule has 0 aliphatic carbocycles. The lowest BCUT2D eigenvalue weighted by Gasteiger charge is -2.19. The molecule has 0 bridgehead atoms. The molecule has 0 fully saturated rings. The molecule has 0 saturated heterocycles. The van der Waals surface area contributed by atoms with E-state index in [1.165, 1.54) is 10.4 Å². The van der Waals surface area contributed by atoms with Gasteiger partial charge < -0.3 is 5.32 Å². The number of thiophene rings is 1. The molecule has 2 atom stereocenters. The third-order valence-corrected chi connectivity index (χ3v) is 3.71. The highest BCUT2D eigenvalue weighted by molar-refractivity contribution is 7.10. The van der Waals surface area contributed by atoms with E-state index in [2.05, 4.69) is 47.7 Å². The molecular weight excluding hydrogens is 216 g/mol. The van der Waals surface area contributed by atoms with E-state index in [4.69, 9.17) is 0 Å². The molecule has 0 aliphatic heterocycles. The second kappa shape index (κ2) is 5.23. The van der Waals surface area contributed by atoms with Crippen LogP contribution >= 0.6 is 11.3 Å². The first-order valence-corrected chi connectivity index (χ1v) is 6.34. The van der Waals surface area contributed by atoms with Gasteiger partial charge in [-0.25, -0.2) is 0 Å². The molecule has 0 amide bonds. The lowest BCUT2D eigenvalue weighted by Crippen LogP contribution is -2.21. The van der Waals surface area contributed by atoms with Crippen LogP contribution in [0, 0.1) is 0 Å². The Kier molecular flexibility index (Phi) is 3.70. The van der Waals surface area contributed by atoms with Crippen molar-refractivity contribution >= 4 is 11.3 Å². The van der Waals surface area contributed by atoms with Gasteiger partial charge in [-0.05, 0) is 36.9 Å². The average Bonchev–Trinajstić information content (AvgIpc) is 2.83. The third kappa shape index (κ3) is 2.68. The number of rotatable bonds is 4. The Morgan fingerprint density at radius 2 is 2.06 bits per heavy atom. The predicted molar refractivity (Wildman–Crippen MR) is 68.5 cm³/mol. The van der Waals surface area contributed by atoms with E-state index >= 15 is 0 Å². The minimum atomic E-state index is 0.325. The number of pyridine rings is 1.